The number of allylic oxidation sites excluding steroid dienone is 15. The maximum absolute atomic E-state index is 12.9. The van der Waals surface area contributed by atoms with Gasteiger partial charge in [0.2, 0.25) is 5.91 Å². The van der Waals surface area contributed by atoms with E-state index in [9.17, 15) is 19.4 Å². The van der Waals surface area contributed by atoms with Crippen molar-refractivity contribution in [2.75, 3.05) is 40.9 Å². The van der Waals surface area contributed by atoms with Crippen LogP contribution in [0.2, 0.25) is 0 Å². The van der Waals surface area contributed by atoms with Crippen molar-refractivity contribution in [1.82, 2.24) is 5.32 Å². The van der Waals surface area contributed by atoms with Gasteiger partial charge in [0, 0.05) is 6.42 Å². The molecular formula is C63H114N2O6P+. The van der Waals surface area contributed by atoms with E-state index < -0.39 is 20.0 Å². The first-order valence-corrected chi connectivity index (χ1v) is 31.1. The maximum Gasteiger partial charge on any atom is 0.472 e. The molecule has 0 aromatic heterocycles. The Kier molecular flexibility index (Phi) is 51.3. The van der Waals surface area contributed by atoms with Crippen molar-refractivity contribution in [1.29, 1.82) is 0 Å². The molecule has 8 nitrogen and oxygen atoms in total. The van der Waals surface area contributed by atoms with Crippen molar-refractivity contribution < 1.29 is 32.9 Å². The summed E-state index contributed by atoms with van der Waals surface area (Å²) >= 11 is 0. The van der Waals surface area contributed by atoms with E-state index in [4.69, 9.17) is 9.05 Å². The van der Waals surface area contributed by atoms with Crippen LogP contribution in [0.25, 0.3) is 0 Å². The number of quaternary nitrogens is 1. The van der Waals surface area contributed by atoms with Gasteiger partial charge in [-0.25, -0.2) is 4.57 Å². The van der Waals surface area contributed by atoms with Crippen molar-refractivity contribution in [3.05, 3.63) is 97.2 Å². The zero-order valence-electron chi connectivity index (χ0n) is 47.4. The topological polar surface area (TPSA) is 105 Å². The minimum absolute atomic E-state index is 0.0597. The number of amides is 1. The van der Waals surface area contributed by atoms with Gasteiger partial charge >= 0.3 is 7.82 Å². The van der Waals surface area contributed by atoms with Crippen LogP contribution in [0.1, 0.15) is 245 Å². The Morgan fingerprint density at radius 1 is 0.486 bits per heavy atom. The molecule has 0 aromatic rings. The second-order valence-electron chi connectivity index (χ2n) is 21.0. The molecule has 416 valence electrons. The summed E-state index contributed by atoms with van der Waals surface area (Å²) in [6, 6.07) is -0.846. The number of likely N-dealkylation sites (N-methyl/N-ethyl adjacent to an activating group) is 1. The number of phosphoric acid groups is 1. The molecule has 0 saturated heterocycles. The highest BCUT2D eigenvalue weighted by Gasteiger charge is 2.27. The van der Waals surface area contributed by atoms with Gasteiger partial charge in [-0.15, -0.1) is 0 Å². The van der Waals surface area contributed by atoms with E-state index in [0.29, 0.717) is 17.4 Å². The Balaban J connectivity index is 3.86. The van der Waals surface area contributed by atoms with Crippen LogP contribution in [0.5, 0.6) is 0 Å². The molecule has 0 heterocycles. The van der Waals surface area contributed by atoms with E-state index >= 15 is 0 Å². The molecule has 3 N–H and O–H groups in total. The third-order valence-electron chi connectivity index (χ3n) is 12.8. The van der Waals surface area contributed by atoms with Crippen molar-refractivity contribution >= 4 is 13.7 Å². The zero-order valence-corrected chi connectivity index (χ0v) is 48.3. The van der Waals surface area contributed by atoms with Gasteiger partial charge in [0.1, 0.15) is 13.2 Å². The van der Waals surface area contributed by atoms with Gasteiger partial charge in [0.15, 0.2) is 0 Å². The van der Waals surface area contributed by atoms with Crippen LogP contribution in [0.3, 0.4) is 0 Å². The quantitative estimate of drug-likeness (QED) is 0.0243. The van der Waals surface area contributed by atoms with Crippen LogP contribution in [-0.4, -0.2) is 73.4 Å². The largest absolute Gasteiger partial charge is 0.472 e. The fourth-order valence-electron chi connectivity index (χ4n) is 8.20. The highest BCUT2D eigenvalue weighted by Crippen LogP contribution is 2.43. The minimum atomic E-state index is -4.34. The normalized spacial score (nSPS) is 14.6. The lowest BCUT2D eigenvalue weighted by Crippen LogP contribution is -2.45. The fraction of sp³-hybridized carbons (Fsp3) is 0.730. The summed E-state index contributed by atoms with van der Waals surface area (Å²) in [5.41, 5.74) is 0. The molecule has 0 aliphatic rings. The van der Waals surface area contributed by atoms with Crippen molar-refractivity contribution in [2.45, 2.75) is 257 Å². The number of unbranched alkanes of at least 4 members (excludes halogenated alkanes) is 26. The number of rotatable bonds is 53. The summed E-state index contributed by atoms with van der Waals surface area (Å²) in [7, 11) is 1.57. The van der Waals surface area contributed by atoms with Gasteiger partial charge < -0.3 is 19.8 Å². The average Bonchev–Trinajstić information content (AvgIpc) is 3.34. The molecule has 0 rings (SSSR count). The van der Waals surface area contributed by atoms with E-state index in [0.717, 1.165) is 83.5 Å². The van der Waals surface area contributed by atoms with Crippen LogP contribution in [-0.2, 0) is 18.4 Å². The van der Waals surface area contributed by atoms with Crippen LogP contribution in [0.4, 0.5) is 0 Å². The summed E-state index contributed by atoms with van der Waals surface area (Å²) in [5.74, 6) is -0.180. The Morgan fingerprint density at radius 2 is 0.833 bits per heavy atom. The molecule has 72 heavy (non-hydrogen) atoms. The predicted molar refractivity (Wildman–Crippen MR) is 313 cm³/mol. The number of carbonyl (C=O) groups is 1. The molecule has 3 unspecified atom stereocenters. The standard InChI is InChI=1S/C63H113N2O6P/c1-6-8-10-12-14-16-17-18-19-20-21-22-23-24-25-26-27-28-29-30-31-32-33-34-35-36-37-38-39-40-41-42-43-44-45-46-47-49-51-53-55-57-63(67)64-61(60-71-72(68,69)70-59-58-65(3,4)5)62(66)56-54-52-50-48-15-13-11-9-7-2/h8,10,14,16,18-19,21-22,24-25,27-28,30-31,54,56,61-62,66H,6-7,9,11-13,15,17,20,23,26,29,32-53,55,57-60H2,1-5H3,(H-,64,67,68,69)/p+1/b10-8-,16-14-,19-18-,22-21-,25-24-,28-27-,31-30-,56-54+. The van der Waals surface area contributed by atoms with E-state index in [2.05, 4.69) is 104 Å². The molecule has 0 radical (unpaired) electrons. The molecular weight excluding hydrogens is 912 g/mol. The molecule has 9 heteroatoms. The smallest absolute Gasteiger partial charge is 0.387 e. The number of aliphatic hydroxyl groups is 1. The van der Waals surface area contributed by atoms with Gasteiger partial charge in [-0.05, 0) is 77.0 Å². The highest BCUT2D eigenvalue weighted by molar-refractivity contribution is 7.47. The van der Waals surface area contributed by atoms with Crippen molar-refractivity contribution in [3.8, 4) is 0 Å². The molecule has 0 spiro atoms. The van der Waals surface area contributed by atoms with E-state index in [1.807, 2.05) is 27.2 Å². The maximum atomic E-state index is 12.9. The van der Waals surface area contributed by atoms with Crippen LogP contribution in [0, 0.1) is 0 Å². The lowest BCUT2D eigenvalue weighted by molar-refractivity contribution is -0.870. The number of aliphatic hydroxyl groups excluding tert-OH is 1. The number of nitrogens with zero attached hydrogens (tertiary/aromatic N) is 1. The minimum Gasteiger partial charge on any atom is -0.387 e. The third kappa shape index (κ3) is 55.2. The molecule has 1 amide bonds. The number of hydrogen-bond donors (Lipinski definition) is 3. The van der Waals surface area contributed by atoms with Crippen LogP contribution in [0.15, 0.2) is 97.2 Å². The molecule has 0 bridgehead atoms. The van der Waals surface area contributed by atoms with Crippen molar-refractivity contribution in [2.24, 2.45) is 0 Å². The Labute approximate surface area is 445 Å². The lowest BCUT2D eigenvalue weighted by atomic mass is 10.0. The molecule has 0 saturated carbocycles. The first-order chi connectivity index (χ1) is 35.0. The van der Waals surface area contributed by atoms with Gasteiger partial charge in [-0.3, -0.25) is 13.8 Å². The highest BCUT2D eigenvalue weighted by atomic mass is 31.2. The number of hydrogen-bond acceptors (Lipinski definition) is 5. The Bertz CT molecular complexity index is 1490. The first kappa shape index (κ1) is 69.4. The van der Waals surface area contributed by atoms with E-state index in [1.54, 1.807) is 6.08 Å². The van der Waals surface area contributed by atoms with Gasteiger partial charge in [0.05, 0.1) is 39.9 Å². The first-order valence-electron chi connectivity index (χ1n) is 29.6. The molecule has 0 aromatic carbocycles. The summed E-state index contributed by atoms with van der Waals surface area (Å²) < 4.78 is 23.6. The Hall–Kier alpha value is -2.58. The number of phosphoric ester groups is 1. The van der Waals surface area contributed by atoms with Crippen LogP contribution < -0.4 is 5.32 Å². The van der Waals surface area contributed by atoms with Gasteiger partial charge in [-0.1, -0.05) is 259 Å². The fourth-order valence-corrected chi connectivity index (χ4v) is 8.93. The second kappa shape index (κ2) is 53.3. The lowest BCUT2D eigenvalue weighted by Gasteiger charge is -2.25. The monoisotopic (exact) mass is 1030 g/mol. The number of nitrogens with one attached hydrogen (secondary N) is 1. The molecule has 0 aliphatic heterocycles. The number of carbonyl (C=O) groups excluding carboxylic acids is 1. The van der Waals surface area contributed by atoms with E-state index in [1.165, 1.54) is 141 Å². The predicted octanol–water partition coefficient (Wildman–Crippen LogP) is 18.2. The molecule has 0 fully saturated rings. The van der Waals surface area contributed by atoms with Crippen molar-refractivity contribution in [3.63, 3.8) is 0 Å². The molecule has 3 atom stereocenters. The van der Waals surface area contributed by atoms with E-state index in [-0.39, 0.29) is 19.1 Å². The molecule has 0 aliphatic carbocycles. The van der Waals surface area contributed by atoms with Gasteiger partial charge in [0.25, 0.3) is 0 Å². The summed E-state index contributed by atoms with van der Waals surface area (Å²) in [6.07, 6.45) is 76.9. The zero-order chi connectivity index (χ0) is 52.7. The summed E-state index contributed by atoms with van der Waals surface area (Å²) in [4.78, 5) is 23.2. The summed E-state index contributed by atoms with van der Waals surface area (Å²) in [6.45, 7) is 4.67. The third-order valence-corrected chi connectivity index (χ3v) is 13.8. The average molecular weight is 1030 g/mol. The summed E-state index contributed by atoms with van der Waals surface area (Å²) in [5, 5.41) is 13.8. The van der Waals surface area contributed by atoms with Gasteiger partial charge in [-0.2, -0.15) is 0 Å². The SMILES string of the molecule is CC/C=C\C/C=C\C/C=C\C/C=C\C/C=C\C/C=C\C/C=C\CCCCCCCCCCCCCCCCCCCCCC(=O)NC(COP(=O)(O)OCC[N+](C)(C)C)C(O)/C=C/CCCCCCCCC. The second-order valence-corrected chi connectivity index (χ2v) is 22.4. The Morgan fingerprint density at radius 3 is 1.22 bits per heavy atom. The van der Waals surface area contributed by atoms with Crippen LogP contribution >= 0.6 is 7.82 Å².